The van der Waals surface area contributed by atoms with E-state index >= 15 is 0 Å². The molecule has 0 heterocycles. The van der Waals surface area contributed by atoms with E-state index in [1.54, 1.807) is 0 Å². The summed E-state index contributed by atoms with van der Waals surface area (Å²) in [5.74, 6) is 0. The van der Waals surface area contributed by atoms with E-state index < -0.39 is 0 Å². The molecule has 0 N–H and O–H groups in total. The van der Waals surface area contributed by atoms with Crippen molar-refractivity contribution in [3.05, 3.63) is 0 Å². The molecule has 0 bridgehead atoms. The van der Waals surface area contributed by atoms with Crippen LogP contribution < -0.4 is 0 Å². The molecule has 0 saturated carbocycles. The largest absolute Gasteiger partial charge is 0 e. The summed E-state index contributed by atoms with van der Waals surface area (Å²) in [6.07, 6.45) is 0. The monoisotopic (exact) mass is 5690 g/mol. The van der Waals surface area contributed by atoms with Crippen molar-refractivity contribution in [2.45, 2.75) is 0 Å². The van der Waals surface area contributed by atoms with Crippen molar-refractivity contribution >= 4 is 0 Å². The molecular formula is Y64. The molecule has 64 heteroatoms. The molecule has 0 aromatic carbocycles. The van der Waals surface area contributed by atoms with Crippen LogP contribution >= 0.6 is 0 Å². The molecule has 64 radical (unpaired) electrons. The molecule has 0 nitrogen and oxygen atoms in total. The summed E-state index contributed by atoms with van der Waals surface area (Å²) in [6, 6.07) is 0. The zero-order valence-electron chi connectivity index (χ0n) is 37.0. The van der Waals surface area contributed by atoms with Gasteiger partial charge in [-0.15, -0.1) is 0 Å². The van der Waals surface area contributed by atoms with E-state index in [9.17, 15) is 0 Å². The summed E-state index contributed by atoms with van der Waals surface area (Å²) in [5.41, 5.74) is 0. The molecule has 0 aliphatic heterocycles. The molecule has 0 aromatic heterocycles. The van der Waals surface area contributed by atoms with Crippen molar-refractivity contribution in [2.75, 3.05) is 0 Å². The van der Waals surface area contributed by atoms with Crippen LogP contribution in [0.1, 0.15) is 0 Å². The van der Waals surface area contributed by atoms with Crippen LogP contribution in [0.2, 0.25) is 0 Å². The summed E-state index contributed by atoms with van der Waals surface area (Å²) in [7, 11) is 0. The average Bonchev–Trinajstić information content (AvgIpc) is 0. The molecule has 0 saturated heterocycles. The van der Waals surface area contributed by atoms with E-state index in [0.29, 0.717) is 0 Å². The molecule has 192 valence electrons. The predicted molar refractivity (Wildman–Crippen MR) is 0 cm³/mol. The standard InChI is InChI=1S/64Y. The smallest absolute Gasteiger partial charge is 0 e. The molecule has 0 unspecified atom stereocenters. The van der Waals surface area contributed by atoms with E-state index in [1.165, 1.54) is 0 Å². The zero-order valence-corrected chi connectivity index (χ0v) is 219. The Balaban J connectivity index is 0. The maximum atomic E-state index is 0. The van der Waals surface area contributed by atoms with Gasteiger partial charge >= 0.3 is 0 Å². The van der Waals surface area contributed by atoms with Gasteiger partial charge in [-0.1, -0.05) is 0 Å². The molecule has 0 aliphatic carbocycles. The fourth-order valence-corrected chi connectivity index (χ4v) is 0. The molecule has 0 amide bonds. The molecule has 0 atom stereocenters. The Labute approximate surface area is 2010 Å². The average molecular weight is 5690 g/mol. The maximum absolute atomic E-state index is 0. The third-order valence-corrected chi connectivity index (χ3v) is 0. The van der Waals surface area contributed by atoms with Gasteiger partial charge < -0.3 is 0 Å². The van der Waals surface area contributed by atoms with Crippen LogP contribution in [0.15, 0.2) is 0 Å². The minimum atomic E-state index is 0. The van der Waals surface area contributed by atoms with Crippen molar-refractivity contribution < 1.29 is 2090 Å². The third-order valence-electron chi connectivity index (χ3n) is 0. The van der Waals surface area contributed by atoms with Gasteiger partial charge in [0.2, 0.25) is 0 Å². The van der Waals surface area contributed by atoms with E-state index in [1.807, 2.05) is 0 Å². The minimum absolute atomic E-state index is 0. The predicted octanol–water partition coefficient (Wildman–Crippen LogP) is -0.160. The number of hydrogen-bond acceptors (Lipinski definition) is 0. The Hall–Kier alpha value is 70.6. The summed E-state index contributed by atoms with van der Waals surface area (Å²) in [6.45, 7) is 0. The maximum Gasteiger partial charge on any atom is 0 e. The third kappa shape index (κ3) is 461. The van der Waals surface area contributed by atoms with Crippen molar-refractivity contribution in [1.82, 2.24) is 0 Å². The second kappa shape index (κ2) is 471. The van der Waals surface area contributed by atoms with Gasteiger partial charge in [0.05, 0.1) is 0 Å². The van der Waals surface area contributed by atoms with E-state index in [4.69, 9.17) is 0 Å². The molecule has 0 aliphatic rings. The Kier molecular flexibility index (Phi) is 3550. The molecule has 0 aromatic rings. The fourth-order valence-electron chi connectivity index (χ4n) is 0. The first-order chi connectivity index (χ1) is 0. The van der Waals surface area contributed by atoms with Crippen LogP contribution in [-0.2, 0) is 2090 Å². The molecule has 64 heavy (non-hydrogen) atoms. The Bertz CT molecular complexity index is 0. The first-order valence-electron chi connectivity index (χ1n) is 0. The summed E-state index contributed by atoms with van der Waals surface area (Å²) in [4.78, 5) is 0. The van der Waals surface area contributed by atoms with E-state index in [2.05, 4.69) is 0 Å². The number of hydrogen-bond donors (Lipinski definition) is 0. The topological polar surface area (TPSA) is 0 Å². The quantitative estimate of drug-likeness (QED) is 0.317. The van der Waals surface area contributed by atoms with Crippen molar-refractivity contribution in [1.29, 1.82) is 0 Å². The van der Waals surface area contributed by atoms with Crippen LogP contribution in [-0.4, -0.2) is 0 Å². The molecule has 0 rings (SSSR count). The summed E-state index contributed by atoms with van der Waals surface area (Å²) in [5, 5.41) is 0. The van der Waals surface area contributed by atoms with E-state index in [-0.39, 0.29) is 2090 Å². The van der Waals surface area contributed by atoms with Crippen molar-refractivity contribution in [2.24, 2.45) is 0 Å². The minimum Gasteiger partial charge on any atom is 0 e. The van der Waals surface area contributed by atoms with Crippen LogP contribution in [0, 0.1) is 0 Å². The van der Waals surface area contributed by atoms with Gasteiger partial charge in [-0.2, -0.15) is 0 Å². The Morgan fingerprint density at radius 3 is 0.0156 bits per heavy atom. The normalized spacial score (nSPS) is 0. The van der Waals surface area contributed by atoms with Gasteiger partial charge in [-0.3, -0.25) is 0 Å². The van der Waals surface area contributed by atoms with Crippen molar-refractivity contribution in [3.8, 4) is 0 Å². The summed E-state index contributed by atoms with van der Waals surface area (Å²) >= 11 is 0. The first kappa shape index (κ1) is 482. The SMILES string of the molecule is [Y].[Y].[Y].[Y].[Y].[Y].[Y].[Y].[Y].[Y].[Y].[Y].[Y].[Y].[Y].[Y].[Y].[Y].[Y].[Y].[Y].[Y].[Y].[Y].[Y].[Y].[Y].[Y].[Y].[Y].[Y].[Y].[Y].[Y].[Y].[Y].[Y].[Y].[Y].[Y].[Y].[Y].[Y].[Y].[Y].[Y].[Y].[Y].[Y].[Y].[Y].[Y].[Y].[Y].[Y].[Y].[Y].[Y].[Y].[Y].[Y].[Y].[Y].[Y]. The second-order valence-corrected chi connectivity index (χ2v) is 0. The molecule has 0 spiro atoms. The van der Waals surface area contributed by atoms with Crippen molar-refractivity contribution in [3.63, 3.8) is 0 Å². The van der Waals surface area contributed by atoms with Crippen LogP contribution in [0.4, 0.5) is 0 Å². The van der Waals surface area contributed by atoms with Crippen LogP contribution in [0.3, 0.4) is 0 Å². The van der Waals surface area contributed by atoms with Crippen LogP contribution in [0.25, 0.3) is 0 Å². The Morgan fingerprint density at radius 2 is 0.0156 bits per heavy atom. The van der Waals surface area contributed by atoms with Gasteiger partial charge in [0.15, 0.2) is 0 Å². The van der Waals surface area contributed by atoms with Gasteiger partial charge in [0.25, 0.3) is 0 Å². The van der Waals surface area contributed by atoms with E-state index in [0.717, 1.165) is 0 Å². The molecular weight excluding hydrogens is 5690 g/mol. The fraction of sp³-hybridized carbons (Fsp3) is 0. The zero-order chi connectivity index (χ0) is 0. The van der Waals surface area contributed by atoms with Gasteiger partial charge in [-0.25, -0.2) is 0 Å². The number of rotatable bonds is 0. The van der Waals surface area contributed by atoms with Gasteiger partial charge in [0, 0.05) is 2090 Å². The Morgan fingerprint density at radius 1 is 0.0156 bits per heavy atom. The first-order valence-corrected chi connectivity index (χ1v) is 0. The van der Waals surface area contributed by atoms with Gasteiger partial charge in [-0.05, 0) is 0 Å². The van der Waals surface area contributed by atoms with Gasteiger partial charge in [0.1, 0.15) is 0 Å². The molecule has 0 fully saturated rings. The van der Waals surface area contributed by atoms with Crippen LogP contribution in [0.5, 0.6) is 0 Å². The summed E-state index contributed by atoms with van der Waals surface area (Å²) < 4.78 is 0. The second-order valence-electron chi connectivity index (χ2n) is 0.